The molecule has 0 unspecified atom stereocenters. The molecule has 5 N–H and O–H groups in total. The summed E-state index contributed by atoms with van der Waals surface area (Å²) in [6.45, 7) is 1.60. The Bertz CT molecular complexity index is 1420. The van der Waals surface area contributed by atoms with Crippen molar-refractivity contribution in [2.45, 2.75) is 13.3 Å². The predicted molar refractivity (Wildman–Crippen MR) is 129 cm³/mol. The summed E-state index contributed by atoms with van der Waals surface area (Å²) in [7, 11) is 0. The largest absolute Gasteiger partial charge is 0.481 e. The number of aromatic nitrogens is 3. The Morgan fingerprint density at radius 1 is 1.09 bits per heavy atom. The summed E-state index contributed by atoms with van der Waals surface area (Å²) in [5, 5.41) is 12.4. The Balaban J connectivity index is 0.000000444. The number of hydrogen-bond acceptors (Lipinski definition) is 6. The summed E-state index contributed by atoms with van der Waals surface area (Å²) in [6.07, 6.45) is 2.01. The second-order valence-electron chi connectivity index (χ2n) is 6.88. The number of aliphatic carboxylic acids is 1. The van der Waals surface area contributed by atoms with Gasteiger partial charge in [0.15, 0.2) is 0 Å². The van der Waals surface area contributed by atoms with Crippen molar-refractivity contribution in [3.63, 3.8) is 0 Å². The molecule has 5 aromatic rings. The fourth-order valence-corrected chi connectivity index (χ4v) is 3.79. The van der Waals surface area contributed by atoms with Gasteiger partial charge in [-0.1, -0.05) is 31.2 Å². The summed E-state index contributed by atoms with van der Waals surface area (Å²) in [5.41, 5.74) is 10.4. The number of benzene rings is 2. The third-order valence-corrected chi connectivity index (χ3v) is 5.48. The molecule has 0 amide bonds. The van der Waals surface area contributed by atoms with Gasteiger partial charge in [0.05, 0.1) is 11.4 Å². The highest BCUT2D eigenvalue weighted by Gasteiger charge is 2.09. The molecule has 8 nitrogen and oxygen atoms in total. The lowest BCUT2D eigenvalue weighted by Crippen LogP contribution is -2.07. The van der Waals surface area contributed by atoms with Gasteiger partial charge in [-0.3, -0.25) is 20.4 Å². The lowest BCUT2D eigenvalue weighted by atomic mass is 10.1. The van der Waals surface area contributed by atoms with Crippen LogP contribution in [0.2, 0.25) is 0 Å². The number of nitrogens with zero attached hydrogens (tertiary/aromatic N) is 1. The first-order valence-electron chi connectivity index (χ1n) is 9.93. The maximum Gasteiger partial charge on any atom is 0.303 e. The monoisotopic (exact) mass is 447 g/mol. The molecule has 0 aliphatic carbocycles. The van der Waals surface area contributed by atoms with Crippen LogP contribution < -0.4 is 16.4 Å². The number of carboxylic acids is 1. The van der Waals surface area contributed by atoms with E-state index in [1.54, 1.807) is 13.1 Å². The number of hydrogen-bond donors (Lipinski definition) is 5. The number of para-hydroxylation sites is 1. The van der Waals surface area contributed by atoms with Gasteiger partial charge in [0.25, 0.3) is 5.56 Å². The number of carboxylic acid groups (broad SMARTS) is 1. The predicted octanol–water partition coefficient (Wildman–Crippen LogP) is 5.05. The van der Waals surface area contributed by atoms with Crippen LogP contribution in [-0.4, -0.2) is 26.0 Å². The minimum atomic E-state index is -0.745. The lowest BCUT2D eigenvalue weighted by molar-refractivity contribution is -0.136. The van der Waals surface area contributed by atoms with E-state index >= 15 is 0 Å². The molecule has 0 radical (unpaired) electrons. The average molecular weight is 448 g/mol. The summed E-state index contributed by atoms with van der Waals surface area (Å²) < 4.78 is 0. The van der Waals surface area contributed by atoms with Crippen LogP contribution in [0.4, 0.5) is 10.8 Å². The number of hydrazine groups is 1. The van der Waals surface area contributed by atoms with Crippen LogP contribution in [-0.2, 0) is 4.79 Å². The maximum absolute atomic E-state index is 12.1. The zero-order chi connectivity index (χ0) is 22.5. The molecule has 0 aliphatic heterocycles. The third-order valence-electron chi connectivity index (χ3n) is 4.72. The minimum absolute atomic E-state index is 0.109. The van der Waals surface area contributed by atoms with E-state index in [4.69, 9.17) is 5.11 Å². The van der Waals surface area contributed by atoms with Crippen molar-refractivity contribution >= 4 is 49.9 Å². The second-order valence-corrected chi connectivity index (χ2v) is 7.74. The molecule has 2 aromatic carbocycles. The number of nitrogens with one attached hydrogen (secondary N) is 4. The molecule has 0 spiro atoms. The Kier molecular flexibility index (Phi) is 6.18. The smallest absolute Gasteiger partial charge is 0.303 e. The normalized spacial score (nSPS) is 10.5. The van der Waals surface area contributed by atoms with Crippen molar-refractivity contribution in [1.29, 1.82) is 0 Å². The lowest BCUT2D eigenvalue weighted by Gasteiger charge is -2.06. The van der Waals surface area contributed by atoms with Crippen molar-refractivity contribution in [3.05, 3.63) is 76.5 Å². The first-order valence-corrected chi connectivity index (χ1v) is 10.8. The highest BCUT2D eigenvalue weighted by molar-refractivity contribution is 7.14. The average Bonchev–Trinajstić information content (AvgIpc) is 3.49. The molecule has 0 saturated heterocycles. The fourth-order valence-electron chi connectivity index (χ4n) is 3.11. The number of H-pyrrole nitrogens is 2. The van der Waals surface area contributed by atoms with Crippen molar-refractivity contribution in [3.8, 4) is 11.3 Å². The van der Waals surface area contributed by atoms with E-state index in [2.05, 4.69) is 31.9 Å². The number of aromatic amines is 2. The molecule has 9 heteroatoms. The van der Waals surface area contributed by atoms with E-state index in [1.165, 1.54) is 11.3 Å². The van der Waals surface area contributed by atoms with Crippen LogP contribution in [0.3, 0.4) is 0 Å². The third kappa shape index (κ3) is 4.62. The van der Waals surface area contributed by atoms with Crippen LogP contribution in [0, 0.1) is 0 Å². The number of anilines is 2. The van der Waals surface area contributed by atoms with Gasteiger partial charge in [-0.25, -0.2) is 4.98 Å². The molecule has 3 aromatic heterocycles. The zero-order valence-corrected chi connectivity index (χ0v) is 18.0. The van der Waals surface area contributed by atoms with Crippen LogP contribution in [0.15, 0.2) is 71.0 Å². The number of pyridine rings is 1. The van der Waals surface area contributed by atoms with Crippen molar-refractivity contribution in [2.24, 2.45) is 0 Å². The summed E-state index contributed by atoms with van der Waals surface area (Å²) in [5.74, 6) is -0.745. The van der Waals surface area contributed by atoms with E-state index in [9.17, 15) is 9.59 Å². The topological polar surface area (TPSA) is 123 Å². The molecule has 32 heavy (non-hydrogen) atoms. The second kappa shape index (κ2) is 9.36. The Labute approximate surface area is 186 Å². The van der Waals surface area contributed by atoms with Crippen LogP contribution in [0.5, 0.6) is 0 Å². The van der Waals surface area contributed by atoms with Gasteiger partial charge in [-0.15, -0.1) is 11.3 Å². The quantitative estimate of drug-likeness (QED) is 0.240. The van der Waals surface area contributed by atoms with Crippen molar-refractivity contribution in [1.82, 2.24) is 15.0 Å². The molecule has 5 rings (SSSR count). The molecule has 0 fully saturated rings. The molecule has 0 saturated carbocycles. The zero-order valence-electron chi connectivity index (χ0n) is 17.2. The SMILES string of the molecule is CCC(=O)O.O=c1[nH]c2ccc(-c3csc(NNc4ccccc4)n3)cc2c2cc[nH]c12. The number of thiazole rings is 1. The van der Waals surface area contributed by atoms with E-state index in [-0.39, 0.29) is 12.0 Å². The molecular weight excluding hydrogens is 426 g/mol. The van der Waals surface area contributed by atoms with E-state index < -0.39 is 5.97 Å². The van der Waals surface area contributed by atoms with E-state index in [0.29, 0.717) is 5.52 Å². The number of carbonyl (C=O) groups is 1. The van der Waals surface area contributed by atoms with Gasteiger partial charge < -0.3 is 15.1 Å². The molecular formula is C23H21N5O3S. The summed E-state index contributed by atoms with van der Waals surface area (Å²) in [6, 6.07) is 17.8. The molecule has 0 aliphatic rings. The molecule has 0 atom stereocenters. The van der Waals surface area contributed by atoms with Gasteiger partial charge in [-0.05, 0) is 30.3 Å². The van der Waals surface area contributed by atoms with Crippen LogP contribution in [0.1, 0.15) is 13.3 Å². The van der Waals surface area contributed by atoms with E-state index in [0.717, 1.165) is 38.4 Å². The Morgan fingerprint density at radius 3 is 2.62 bits per heavy atom. The van der Waals surface area contributed by atoms with Gasteiger partial charge in [0.2, 0.25) is 5.13 Å². The first-order chi connectivity index (χ1) is 15.5. The van der Waals surface area contributed by atoms with Gasteiger partial charge in [-0.2, -0.15) is 0 Å². The van der Waals surface area contributed by atoms with E-state index in [1.807, 2.05) is 53.9 Å². The fraction of sp³-hybridized carbons (Fsp3) is 0.0870. The number of rotatable bonds is 5. The van der Waals surface area contributed by atoms with Gasteiger partial charge in [0, 0.05) is 39.9 Å². The summed E-state index contributed by atoms with van der Waals surface area (Å²) >= 11 is 1.53. The standard InChI is InChI=1S/C20H15N5OS.C3H6O2/c26-19-18-14(8-9-21-18)15-10-12(6-7-16(15)22-19)17-11-27-20(23-17)25-24-13-4-2-1-3-5-13;1-2-3(4)5/h1-11,21,24H,(H,22,26)(H,23,25);2H2,1H3,(H,4,5). The van der Waals surface area contributed by atoms with Crippen molar-refractivity contribution < 1.29 is 9.90 Å². The van der Waals surface area contributed by atoms with Crippen LogP contribution >= 0.6 is 11.3 Å². The number of fused-ring (bicyclic) bond motifs is 3. The van der Waals surface area contributed by atoms with Gasteiger partial charge >= 0.3 is 5.97 Å². The highest BCUT2D eigenvalue weighted by atomic mass is 32.1. The first kappa shape index (κ1) is 21.1. The van der Waals surface area contributed by atoms with Gasteiger partial charge in [0.1, 0.15) is 5.52 Å². The molecule has 3 heterocycles. The maximum atomic E-state index is 12.1. The van der Waals surface area contributed by atoms with Crippen molar-refractivity contribution in [2.75, 3.05) is 10.9 Å². The highest BCUT2D eigenvalue weighted by Crippen LogP contribution is 2.29. The molecule has 162 valence electrons. The Morgan fingerprint density at radius 2 is 1.88 bits per heavy atom. The van der Waals surface area contributed by atoms with Crippen LogP contribution in [0.25, 0.3) is 33.1 Å². The minimum Gasteiger partial charge on any atom is -0.481 e. The molecule has 0 bridgehead atoms. The Hall–Kier alpha value is -4.11. The summed E-state index contributed by atoms with van der Waals surface area (Å²) in [4.78, 5) is 32.0.